The predicted octanol–water partition coefficient (Wildman–Crippen LogP) is 3.85. The summed E-state index contributed by atoms with van der Waals surface area (Å²) in [7, 11) is 1.69. The van der Waals surface area contributed by atoms with Crippen LogP contribution >= 0.6 is 0 Å². The van der Waals surface area contributed by atoms with Crippen molar-refractivity contribution in [2.45, 2.75) is 33.1 Å². The van der Waals surface area contributed by atoms with Crippen molar-refractivity contribution in [3.05, 3.63) is 35.4 Å². The van der Waals surface area contributed by atoms with Crippen LogP contribution in [0.2, 0.25) is 0 Å². The van der Waals surface area contributed by atoms with Gasteiger partial charge in [0.2, 0.25) is 0 Å². The van der Waals surface area contributed by atoms with Crippen molar-refractivity contribution in [2.24, 2.45) is 5.92 Å². The zero-order valence-corrected chi connectivity index (χ0v) is 11.8. The van der Waals surface area contributed by atoms with Crippen LogP contribution in [-0.4, -0.2) is 18.8 Å². The highest BCUT2D eigenvalue weighted by Gasteiger charge is 2.04. The van der Waals surface area contributed by atoms with Gasteiger partial charge in [0.25, 0.3) is 0 Å². The molecule has 0 aliphatic rings. The molecule has 0 aliphatic heterocycles. The van der Waals surface area contributed by atoms with E-state index >= 15 is 0 Å². The summed E-state index contributed by atoms with van der Waals surface area (Å²) in [6.45, 7) is 6.63. The lowest BCUT2D eigenvalue weighted by molar-refractivity contribution is 0.239. The van der Waals surface area contributed by atoms with E-state index in [-0.39, 0.29) is 6.61 Å². The molecule has 18 heavy (non-hydrogen) atoms. The Morgan fingerprint density at radius 2 is 2.00 bits per heavy atom. The van der Waals surface area contributed by atoms with Crippen LogP contribution < -0.4 is 4.74 Å². The van der Waals surface area contributed by atoms with Crippen molar-refractivity contribution in [1.82, 2.24) is 0 Å². The summed E-state index contributed by atoms with van der Waals surface area (Å²) in [5, 5.41) is 8.99. The van der Waals surface area contributed by atoms with E-state index in [1.807, 2.05) is 13.0 Å². The summed E-state index contributed by atoms with van der Waals surface area (Å²) < 4.78 is 5.36. The van der Waals surface area contributed by atoms with Gasteiger partial charge in [-0.3, -0.25) is 0 Å². The molecule has 0 saturated heterocycles. The largest absolute Gasteiger partial charge is 0.496 e. The van der Waals surface area contributed by atoms with Gasteiger partial charge in [-0.15, -0.1) is 0 Å². The SMILES string of the molecule is COc1ccc(C(C)C)cc1/C=C/C[C@@H](C)CO. The minimum absolute atomic E-state index is 0.230. The first-order valence-electron chi connectivity index (χ1n) is 6.53. The van der Waals surface area contributed by atoms with E-state index in [1.165, 1.54) is 5.56 Å². The van der Waals surface area contributed by atoms with Crippen molar-refractivity contribution in [1.29, 1.82) is 0 Å². The Balaban J connectivity index is 2.87. The maximum atomic E-state index is 8.99. The Morgan fingerprint density at radius 3 is 2.56 bits per heavy atom. The summed E-state index contributed by atoms with van der Waals surface area (Å²) in [6, 6.07) is 6.30. The highest BCUT2D eigenvalue weighted by Crippen LogP contribution is 2.25. The summed E-state index contributed by atoms with van der Waals surface area (Å²) in [4.78, 5) is 0. The van der Waals surface area contributed by atoms with E-state index in [1.54, 1.807) is 7.11 Å². The average molecular weight is 248 g/mol. The van der Waals surface area contributed by atoms with Gasteiger partial charge in [0, 0.05) is 12.2 Å². The second-order valence-corrected chi connectivity index (χ2v) is 5.08. The number of hydrogen-bond donors (Lipinski definition) is 1. The summed E-state index contributed by atoms with van der Waals surface area (Å²) in [6.07, 6.45) is 5.06. The molecule has 0 aliphatic carbocycles. The van der Waals surface area contributed by atoms with Gasteiger partial charge >= 0.3 is 0 Å². The van der Waals surface area contributed by atoms with Crippen LogP contribution in [0.1, 0.15) is 44.2 Å². The molecule has 0 heterocycles. The van der Waals surface area contributed by atoms with Gasteiger partial charge in [0.1, 0.15) is 5.75 Å². The maximum Gasteiger partial charge on any atom is 0.126 e. The average Bonchev–Trinajstić information content (AvgIpc) is 2.38. The van der Waals surface area contributed by atoms with Crippen LogP contribution in [-0.2, 0) is 0 Å². The van der Waals surface area contributed by atoms with Gasteiger partial charge in [-0.25, -0.2) is 0 Å². The minimum Gasteiger partial charge on any atom is -0.496 e. The van der Waals surface area contributed by atoms with Crippen LogP contribution in [0.25, 0.3) is 6.08 Å². The lowest BCUT2D eigenvalue weighted by atomic mass is 9.99. The van der Waals surface area contributed by atoms with Crippen molar-refractivity contribution in [3.8, 4) is 5.75 Å². The Labute approximate surface area is 110 Å². The summed E-state index contributed by atoms with van der Waals surface area (Å²) in [5.74, 6) is 1.72. The van der Waals surface area contributed by atoms with Crippen molar-refractivity contribution in [2.75, 3.05) is 13.7 Å². The first-order chi connectivity index (χ1) is 8.58. The first-order valence-corrected chi connectivity index (χ1v) is 6.53. The molecule has 0 aromatic heterocycles. The van der Waals surface area contributed by atoms with Crippen LogP contribution in [0.5, 0.6) is 5.75 Å². The highest BCUT2D eigenvalue weighted by molar-refractivity contribution is 5.58. The second-order valence-electron chi connectivity index (χ2n) is 5.08. The van der Waals surface area contributed by atoms with E-state index < -0.39 is 0 Å². The third-order valence-corrected chi connectivity index (χ3v) is 3.07. The fraction of sp³-hybridized carbons (Fsp3) is 0.500. The summed E-state index contributed by atoms with van der Waals surface area (Å²) in [5.41, 5.74) is 2.42. The van der Waals surface area contributed by atoms with Gasteiger partial charge in [-0.1, -0.05) is 39.0 Å². The molecule has 0 bridgehead atoms. The number of aliphatic hydroxyl groups is 1. The minimum atomic E-state index is 0.230. The highest BCUT2D eigenvalue weighted by atomic mass is 16.5. The smallest absolute Gasteiger partial charge is 0.126 e. The third-order valence-electron chi connectivity index (χ3n) is 3.07. The third kappa shape index (κ3) is 4.19. The molecular formula is C16H24O2. The molecule has 0 spiro atoms. The number of methoxy groups -OCH3 is 1. The van der Waals surface area contributed by atoms with E-state index in [9.17, 15) is 0 Å². The molecule has 1 rings (SSSR count). The monoisotopic (exact) mass is 248 g/mol. The van der Waals surface area contributed by atoms with Crippen LogP contribution in [0.4, 0.5) is 0 Å². The molecule has 0 radical (unpaired) electrons. The Kier molecular flexibility index (Phi) is 5.93. The lowest BCUT2D eigenvalue weighted by Crippen LogP contribution is -1.97. The van der Waals surface area contributed by atoms with Crippen LogP contribution in [0, 0.1) is 5.92 Å². The first kappa shape index (κ1) is 14.8. The molecular weight excluding hydrogens is 224 g/mol. The van der Waals surface area contributed by atoms with Gasteiger partial charge < -0.3 is 9.84 Å². The molecule has 100 valence electrons. The molecule has 1 aromatic carbocycles. The number of benzene rings is 1. The standard InChI is InChI=1S/C16H24O2/c1-12(2)14-8-9-16(18-4)15(10-14)7-5-6-13(3)11-17/h5,7-10,12-13,17H,6,11H2,1-4H3/b7-5+/t13-/m1/s1. The van der Waals surface area contributed by atoms with Crippen molar-refractivity contribution in [3.63, 3.8) is 0 Å². The topological polar surface area (TPSA) is 29.5 Å². The second kappa shape index (κ2) is 7.22. The molecule has 0 fully saturated rings. The summed E-state index contributed by atoms with van der Waals surface area (Å²) >= 11 is 0. The predicted molar refractivity (Wildman–Crippen MR) is 77.0 cm³/mol. The van der Waals surface area contributed by atoms with Crippen LogP contribution in [0.3, 0.4) is 0 Å². The number of aliphatic hydroxyl groups excluding tert-OH is 1. The van der Waals surface area contributed by atoms with Crippen molar-refractivity contribution < 1.29 is 9.84 Å². The zero-order chi connectivity index (χ0) is 13.5. The molecule has 0 amide bonds. The van der Waals surface area contributed by atoms with E-state index in [4.69, 9.17) is 9.84 Å². The maximum absolute atomic E-state index is 8.99. The lowest BCUT2D eigenvalue weighted by Gasteiger charge is -2.10. The number of allylic oxidation sites excluding steroid dienone is 1. The number of rotatable bonds is 6. The molecule has 1 aromatic rings. The van der Waals surface area contributed by atoms with Gasteiger partial charge in [0.15, 0.2) is 0 Å². The number of ether oxygens (including phenoxy) is 1. The normalized spacial score (nSPS) is 13.2. The Bertz CT molecular complexity index is 394. The molecule has 2 nitrogen and oxygen atoms in total. The molecule has 2 heteroatoms. The van der Waals surface area contributed by atoms with Crippen molar-refractivity contribution >= 4 is 6.08 Å². The van der Waals surface area contributed by atoms with E-state index in [2.05, 4.69) is 38.1 Å². The van der Waals surface area contributed by atoms with E-state index in [0.717, 1.165) is 17.7 Å². The molecule has 0 saturated carbocycles. The fourth-order valence-electron chi connectivity index (χ4n) is 1.74. The number of hydrogen-bond acceptors (Lipinski definition) is 2. The van der Waals surface area contributed by atoms with Gasteiger partial charge in [0.05, 0.1) is 7.11 Å². The van der Waals surface area contributed by atoms with Gasteiger partial charge in [-0.05, 0) is 36.0 Å². The molecule has 1 atom stereocenters. The molecule has 1 N–H and O–H groups in total. The zero-order valence-electron chi connectivity index (χ0n) is 11.8. The Hall–Kier alpha value is -1.28. The molecule has 0 unspecified atom stereocenters. The van der Waals surface area contributed by atoms with Crippen LogP contribution in [0.15, 0.2) is 24.3 Å². The van der Waals surface area contributed by atoms with E-state index in [0.29, 0.717) is 11.8 Å². The van der Waals surface area contributed by atoms with Gasteiger partial charge in [-0.2, -0.15) is 0 Å². The quantitative estimate of drug-likeness (QED) is 0.828. The fourth-order valence-corrected chi connectivity index (χ4v) is 1.74. The Morgan fingerprint density at radius 1 is 1.28 bits per heavy atom.